The Kier molecular flexibility index (Phi) is 8.94. The summed E-state index contributed by atoms with van der Waals surface area (Å²) in [5.74, 6) is -2.20. The number of aliphatic carboxylic acids is 2. The van der Waals surface area contributed by atoms with Crippen LogP contribution in [0.15, 0.2) is 0 Å². The number of hydrogen-bond donors (Lipinski definition) is 3. The molecule has 11 heavy (non-hydrogen) atoms. The van der Waals surface area contributed by atoms with Crippen molar-refractivity contribution in [3.05, 3.63) is 0 Å². The fraction of sp³-hybridized carbons (Fsp3) is 0.600. The summed E-state index contributed by atoms with van der Waals surface area (Å²) in [6, 6.07) is -1.06. The van der Waals surface area contributed by atoms with Crippen LogP contribution in [0.5, 0.6) is 0 Å². The first-order valence-corrected chi connectivity index (χ1v) is 2.74. The quantitative estimate of drug-likeness (QED) is 0.508. The molecule has 0 aliphatic carbocycles. The molecule has 1 atom stereocenters. The Hall–Kier alpha value is 0.381. The third kappa shape index (κ3) is 8.29. The van der Waals surface area contributed by atoms with E-state index in [9.17, 15) is 9.59 Å². The Balaban J connectivity index is 0. The summed E-state index contributed by atoms with van der Waals surface area (Å²) in [5, 5.41) is 16.3. The van der Waals surface area contributed by atoms with Crippen LogP contribution in [0.1, 0.15) is 12.8 Å². The van der Waals surface area contributed by atoms with E-state index in [0.29, 0.717) is 0 Å². The first-order chi connectivity index (χ1) is 4.54. The van der Waals surface area contributed by atoms with Gasteiger partial charge in [-0.2, -0.15) is 0 Å². The average Bonchev–Trinajstić information content (AvgIpc) is 1.82. The molecule has 0 saturated carbocycles. The maximum atomic E-state index is 9.99. The van der Waals surface area contributed by atoms with Crippen LogP contribution in [0, 0.1) is 0 Å². The zero-order valence-electron chi connectivity index (χ0n) is 5.28. The molecule has 0 aromatic heterocycles. The van der Waals surface area contributed by atoms with E-state index in [1.165, 1.54) is 0 Å². The molecule has 0 fully saturated rings. The number of carboxylic acids is 2. The van der Waals surface area contributed by atoms with Crippen molar-refractivity contribution in [2.24, 2.45) is 5.73 Å². The van der Waals surface area contributed by atoms with Gasteiger partial charge in [0.1, 0.15) is 6.04 Å². The maximum absolute atomic E-state index is 9.99. The molecule has 0 aromatic rings. The molecule has 0 aromatic carbocycles. The van der Waals surface area contributed by atoms with E-state index in [1.54, 1.807) is 0 Å². The van der Waals surface area contributed by atoms with Gasteiger partial charge in [0, 0.05) is 6.42 Å². The zero-order valence-corrected chi connectivity index (χ0v) is 5.28. The van der Waals surface area contributed by atoms with Crippen molar-refractivity contribution in [1.29, 1.82) is 0 Å². The second-order valence-corrected chi connectivity index (χ2v) is 1.88. The molecule has 0 aliphatic rings. The Morgan fingerprint density at radius 2 is 1.82 bits per heavy atom. The molecule has 0 aliphatic heterocycles. The van der Waals surface area contributed by atoms with E-state index >= 15 is 0 Å². The summed E-state index contributed by atoms with van der Waals surface area (Å²) in [5.41, 5.74) is 5.00. The summed E-state index contributed by atoms with van der Waals surface area (Å²) in [4.78, 5) is 19.9. The predicted molar refractivity (Wildman–Crippen MR) is 41.0 cm³/mol. The van der Waals surface area contributed by atoms with Crippen molar-refractivity contribution < 1.29 is 19.8 Å². The Morgan fingerprint density at radius 1 is 1.36 bits per heavy atom. The van der Waals surface area contributed by atoms with Crippen molar-refractivity contribution in [1.82, 2.24) is 0 Å². The van der Waals surface area contributed by atoms with Crippen LogP contribution < -0.4 is 5.73 Å². The monoisotopic (exact) mass is 237 g/mol. The van der Waals surface area contributed by atoms with Gasteiger partial charge >= 0.3 is 57.4 Å². The topological polar surface area (TPSA) is 101 Å². The standard InChI is InChI=1S/C5H9NO4.Sr.2H/c6-3(5(9)10)1-2-4(7)8;;;/h3H,1-2,6H2,(H,7,8)(H,9,10);;;. The van der Waals surface area contributed by atoms with Crippen LogP contribution in [0.25, 0.3) is 0 Å². The number of rotatable bonds is 4. The fourth-order valence-corrected chi connectivity index (χ4v) is 0.402. The minimum absolute atomic E-state index is 0. The number of carbonyl (C=O) groups is 2. The molecular formula is C5H11NO4Sr. The number of hydrogen-bond acceptors (Lipinski definition) is 3. The summed E-state index contributed by atoms with van der Waals surface area (Å²) in [6.07, 6.45) is -0.224. The van der Waals surface area contributed by atoms with Crippen molar-refractivity contribution in [2.75, 3.05) is 0 Å². The van der Waals surface area contributed by atoms with E-state index in [2.05, 4.69) is 0 Å². The molecule has 0 heterocycles. The van der Waals surface area contributed by atoms with Crippen molar-refractivity contribution >= 4 is 57.4 Å². The molecule has 0 spiro atoms. The summed E-state index contributed by atoms with van der Waals surface area (Å²) in [6.45, 7) is 0. The first kappa shape index (κ1) is 13.9. The Labute approximate surface area is 101 Å². The molecule has 62 valence electrons. The van der Waals surface area contributed by atoms with Crippen LogP contribution in [-0.2, 0) is 9.59 Å². The average molecular weight is 237 g/mol. The Morgan fingerprint density at radius 3 is 2.09 bits per heavy atom. The van der Waals surface area contributed by atoms with Crippen LogP contribution in [0.2, 0.25) is 0 Å². The van der Waals surface area contributed by atoms with E-state index < -0.39 is 18.0 Å². The molecule has 5 nitrogen and oxygen atoms in total. The predicted octanol–water partition coefficient (Wildman–Crippen LogP) is -1.65. The third-order valence-corrected chi connectivity index (χ3v) is 0.986. The van der Waals surface area contributed by atoms with Crippen molar-refractivity contribution in [3.8, 4) is 0 Å². The first-order valence-electron chi connectivity index (χ1n) is 2.74. The Bertz CT molecular complexity index is 149. The van der Waals surface area contributed by atoms with Crippen LogP contribution in [0.3, 0.4) is 0 Å². The van der Waals surface area contributed by atoms with Crippen molar-refractivity contribution in [3.63, 3.8) is 0 Å². The molecular weight excluding hydrogens is 226 g/mol. The number of nitrogens with two attached hydrogens (primary N) is 1. The van der Waals surface area contributed by atoms with Gasteiger partial charge in [0.15, 0.2) is 0 Å². The summed E-state index contributed by atoms with van der Waals surface area (Å²) in [7, 11) is 0. The normalized spacial score (nSPS) is 11.4. The van der Waals surface area contributed by atoms with Gasteiger partial charge < -0.3 is 15.9 Å². The SMILES string of the molecule is NC(CCC(=O)O)C(=O)O.[SrH2]. The van der Waals surface area contributed by atoms with Gasteiger partial charge in [-0.3, -0.25) is 9.59 Å². The molecule has 0 saturated heterocycles. The van der Waals surface area contributed by atoms with Crippen molar-refractivity contribution in [2.45, 2.75) is 18.9 Å². The van der Waals surface area contributed by atoms with Crippen LogP contribution >= 0.6 is 0 Å². The molecule has 1 unspecified atom stereocenters. The third-order valence-electron chi connectivity index (χ3n) is 0.986. The molecule has 0 bridgehead atoms. The molecule has 6 heteroatoms. The molecule has 0 rings (SSSR count). The van der Waals surface area contributed by atoms with E-state index in [0.717, 1.165) is 0 Å². The summed E-state index contributed by atoms with van der Waals surface area (Å²) >= 11 is 0. The molecule has 0 amide bonds. The van der Waals surface area contributed by atoms with Gasteiger partial charge in [0.05, 0.1) is 0 Å². The van der Waals surface area contributed by atoms with Gasteiger partial charge in [-0.25, -0.2) is 0 Å². The fourth-order valence-electron chi connectivity index (χ4n) is 0.402. The summed E-state index contributed by atoms with van der Waals surface area (Å²) < 4.78 is 0. The van der Waals surface area contributed by atoms with Gasteiger partial charge in [-0.1, -0.05) is 0 Å². The minimum atomic E-state index is -1.17. The molecule has 0 radical (unpaired) electrons. The van der Waals surface area contributed by atoms with E-state index in [1.807, 2.05) is 0 Å². The van der Waals surface area contributed by atoms with E-state index in [-0.39, 0.29) is 58.3 Å². The van der Waals surface area contributed by atoms with Gasteiger partial charge in [-0.15, -0.1) is 0 Å². The van der Waals surface area contributed by atoms with Crippen LogP contribution in [-0.4, -0.2) is 73.7 Å². The second kappa shape index (κ2) is 7.05. The van der Waals surface area contributed by atoms with Gasteiger partial charge in [-0.05, 0) is 6.42 Å². The van der Waals surface area contributed by atoms with Gasteiger partial charge in [0.25, 0.3) is 0 Å². The second-order valence-electron chi connectivity index (χ2n) is 1.88. The number of carboxylic acid groups (broad SMARTS) is 2. The molecule has 4 N–H and O–H groups in total. The van der Waals surface area contributed by atoms with Gasteiger partial charge in [0.2, 0.25) is 0 Å². The zero-order chi connectivity index (χ0) is 8.15. The van der Waals surface area contributed by atoms with Crippen LogP contribution in [0.4, 0.5) is 0 Å². The van der Waals surface area contributed by atoms with E-state index in [4.69, 9.17) is 15.9 Å².